The summed E-state index contributed by atoms with van der Waals surface area (Å²) in [7, 11) is -2.09. The predicted octanol–water partition coefficient (Wildman–Crippen LogP) is 2.16. The average molecular weight is 371 g/mol. The van der Waals surface area contributed by atoms with Gasteiger partial charge in [0.05, 0.1) is 11.5 Å². The summed E-state index contributed by atoms with van der Waals surface area (Å²) in [5.41, 5.74) is 1.46. The molecule has 1 heterocycles. The molecule has 0 radical (unpaired) electrons. The molecular formula is C14H15BrN2O3S. The molecule has 0 aliphatic heterocycles. The molecular weight excluding hydrogens is 356 g/mol. The molecule has 0 spiro atoms. The molecule has 0 aliphatic rings. The molecule has 2 rings (SSSR count). The van der Waals surface area contributed by atoms with E-state index in [1.54, 1.807) is 30.6 Å². The third kappa shape index (κ3) is 3.68. The zero-order valence-corrected chi connectivity index (χ0v) is 13.8. The van der Waals surface area contributed by atoms with Crippen molar-refractivity contribution in [2.24, 2.45) is 0 Å². The van der Waals surface area contributed by atoms with Gasteiger partial charge in [0.25, 0.3) is 0 Å². The number of aromatic nitrogens is 1. The summed E-state index contributed by atoms with van der Waals surface area (Å²) in [6.45, 7) is 0.106. The number of rotatable bonds is 5. The highest BCUT2D eigenvalue weighted by Crippen LogP contribution is 2.26. The van der Waals surface area contributed by atoms with E-state index in [1.807, 2.05) is 6.07 Å². The van der Waals surface area contributed by atoms with Crippen LogP contribution in [0.2, 0.25) is 0 Å². The summed E-state index contributed by atoms with van der Waals surface area (Å²) >= 11 is 3.25. The van der Waals surface area contributed by atoms with Crippen molar-refractivity contribution in [2.75, 3.05) is 7.05 Å². The van der Waals surface area contributed by atoms with Crippen LogP contribution in [-0.4, -0.2) is 29.9 Å². The highest BCUT2D eigenvalue weighted by atomic mass is 79.9. The van der Waals surface area contributed by atoms with E-state index in [0.29, 0.717) is 10.0 Å². The quantitative estimate of drug-likeness (QED) is 0.875. The van der Waals surface area contributed by atoms with Gasteiger partial charge in [-0.25, -0.2) is 8.42 Å². The van der Waals surface area contributed by atoms with Crippen molar-refractivity contribution >= 4 is 26.0 Å². The number of halogens is 1. The fourth-order valence-corrected chi connectivity index (χ4v) is 4.09. The highest BCUT2D eigenvalue weighted by Gasteiger charge is 2.23. The molecule has 0 bridgehead atoms. The summed E-state index contributed by atoms with van der Waals surface area (Å²) in [6, 6.07) is 8.27. The van der Waals surface area contributed by atoms with E-state index in [-0.39, 0.29) is 18.0 Å². The molecule has 112 valence electrons. The van der Waals surface area contributed by atoms with Crippen molar-refractivity contribution < 1.29 is 13.5 Å². The van der Waals surface area contributed by atoms with Crippen molar-refractivity contribution in [3.8, 4) is 0 Å². The van der Waals surface area contributed by atoms with E-state index in [2.05, 4.69) is 20.9 Å². The summed E-state index contributed by atoms with van der Waals surface area (Å²) in [6.07, 6.45) is 3.28. The molecule has 0 saturated carbocycles. The van der Waals surface area contributed by atoms with Gasteiger partial charge in [0.15, 0.2) is 0 Å². The fraction of sp³-hybridized carbons (Fsp3) is 0.214. The van der Waals surface area contributed by atoms with Gasteiger partial charge in [-0.05, 0) is 45.3 Å². The zero-order valence-electron chi connectivity index (χ0n) is 11.4. The van der Waals surface area contributed by atoms with E-state index in [0.717, 1.165) is 5.56 Å². The number of aliphatic hydroxyl groups excluding tert-OH is 1. The van der Waals surface area contributed by atoms with Gasteiger partial charge >= 0.3 is 0 Å². The molecule has 1 N–H and O–H groups in total. The van der Waals surface area contributed by atoms with Gasteiger partial charge in [-0.1, -0.05) is 12.1 Å². The summed E-state index contributed by atoms with van der Waals surface area (Å²) in [4.78, 5) is 4.15. The average Bonchev–Trinajstić information content (AvgIpc) is 2.47. The van der Waals surface area contributed by atoms with E-state index < -0.39 is 10.0 Å². The molecule has 0 unspecified atom stereocenters. The summed E-state index contributed by atoms with van der Waals surface area (Å²) in [5.74, 6) is 0. The largest absolute Gasteiger partial charge is 0.392 e. The van der Waals surface area contributed by atoms with Crippen molar-refractivity contribution in [1.82, 2.24) is 9.29 Å². The first-order chi connectivity index (χ1) is 9.95. The Bertz CT molecular complexity index is 720. The Labute approximate surface area is 132 Å². The number of pyridine rings is 1. The van der Waals surface area contributed by atoms with Crippen LogP contribution in [0.3, 0.4) is 0 Å². The molecule has 0 amide bonds. The summed E-state index contributed by atoms with van der Waals surface area (Å²) < 4.78 is 26.8. The van der Waals surface area contributed by atoms with Crippen LogP contribution in [0.15, 0.2) is 52.1 Å². The molecule has 0 aliphatic carbocycles. The second kappa shape index (κ2) is 6.65. The van der Waals surface area contributed by atoms with Crippen LogP contribution in [0, 0.1) is 0 Å². The standard InChI is InChI=1S/C14H15BrN2O3S/c1-17(9-12-3-2-6-16-8-12)21(19,20)14-5-4-11(10-18)7-13(14)15/h2-8,18H,9-10H2,1H3. The van der Waals surface area contributed by atoms with Crippen LogP contribution in [0.4, 0.5) is 0 Å². The van der Waals surface area contributed by atoms with E-state index in [9.17, 15) is 8.42 Å². The van der Waals surface area contributed by atoms with Crippen LogP contribution >= 0.6 is 15.9 Å². The fourth-order valence-electron chi connectivity index (χ4n) is 1.85. The third-order valence-corrected chi connectivity index (χ3v) is 5.78. The number of benzene rings is 1. The van der Waals surface area contributed by atoms with Gasteiger partial charge in [-0.2, -0.15) is 4.31 Å². The Balaban J connectivity index is 2.29. The molecule has 0 saturated heterocycles. The van der Waals surface area contributed by atoms with Gasteiger partial charge in [0.2, 0.25) is 10.0 Å². The second-order valence-electron chi connectivity index (χ2n) is 4.55. The van der Waals surface area contributed by atoms with Gasteiger partial charge in [0.1, 0.15) is 0 Å². The number of nitrogens with zero attached hydrogens (tertiary/aromatic N) is 2. The van der Waals surface area contributed by atoms with Crippen LogP contribution in [-0.2, 0) is 23.2 Å². The van der Waals surface area contributed by atoms with Crippen LogP contribution in [0.25, 0.3) is 0 Å². The first-order valence-corrected chi connectivity index (χ1v) is 8.43. The predicted molar refractivity (Wildman–Crippen MR) is 83.0 cm³/mol. The van der Waals surface area contributed by atoms with Crippen molar-refractivity contribution in [1.29, 1.82) is 0 Å². The van der Waals surface area contributed by atoms with Crippen LogP contribution in [0.5, 0.6) is 0 Å². The molecule has 1 aromatic carbocycles. The van der Waals surface area contributed by atoms with Crippen molar-refractivity contribution in [3.63, 3.8) is 0 Å². The molecule has 0 atom stereocenters. The van der Waals surface area contributed by atoms with E-state index in [4.69, 9.17) is 5.11 Å². The van der Waals surface area contributed by atoms with E-state index in [1.165, 1.54) is 17.4 Å². The first kappa shape index (κ1) is 16.1. The number of aliphatic hydroxyl groups is 1. The van der Waals surface area contributed by atoms with E-state index >= 15 is 0 Å². The molecule has 5 nitrogen and oxygen atoms in total. The van der Waals surface area contributed by atoms with Gasteiger partial charge in [-0.3, -0.25) is 4.98 Å². The third-order valence-electron chi connectivity index (χ3n) is 3.00. The van der Waals surface area contributed by atoms with Crippen LogP contribution in [0.1, 0.15) is 11.1 Å². The lowest BCUT2D eigenvalue weighted by atomic mass is 10.2. The van der Waals surface area contributed by atoms with Crippen molar-refractivity contribution in [3.05, 3.63) is 58.3 Å². The van der Waals surface area contributed by atoms with Crippen LogP contribution < -0.4 is 0 Å². The smallest absolute Gasteiger partial charge is 0.244 e. The number of hydrogen-bond acceptors (Lipinski definition) is 4. The first-order valence-electron chi connectivity index (χ1n) is 6.19. The minimum Gasteiger partial charge on any atom is -0.392 e. The zero-order chi connectivity index (χ0) is 15.5. The highest BCUT2D eigenvalue weighted by molar-refractivity contribution is 9.10. The minimum absolute atomic E-state index is 0.134. The molecule has 2 aromatic rings. The Hall–Kier alpha value is -1.28. The molecule has 21 heavy (non-hydrogen) atoms. The second-order valence-corrected chi connectivity index (χ2v) is 7.41. The number of hydrogen-bond donors (Lipinski definition) is 1. The minimum atomic E-state index is -3.62. The number of sulfonamides is 1. The SMILES string of the molecule is CN(Cc1cccnc1)S(=O)(=O)c1ccc(CO)cc1Br. The Morgan fingerprint density at radius 2 is 2.05 bits per heavy atom. The monoisotopic (exact) mass is 370 g/mol. The van der Waals surface area contributed by atoms with Crippen molar-refractivity contribution in [2.45, 2.75) is 18.0 Å². The Morgan fingerprint density at radius 3 is 2.62 bits per heavy atom. The lowest BCUT2D eigenvalue weighted by molar-refractivity contribution is 0.281. The normalized spacial score (nSPS) is 11.8. The maximum absolute atomic E-state index is 12.6. The molecule has 1 aromatic heterocycles. The maximum atomic E-state index is 12.6. The lowest BCUT2D eigenvalue weighted by Gasteiger charge is -2.18. The van der Waals surface area contributed by atoms with Gasteiger partial charge in [0, 0.05) is 30.5 Å². The lowest BCUT2D eigenvalue weighted by Crippen LogP contribution is -2.26. The maximum Gasteiger partial charge on any atom is 0.244 e. The van der Waals surface area contributed by atoms with Gasteiger partial charge in [-0.15, -0.1) is 0 Å². The van der Waals surface area contributed by atoms with Gasteiger partial charge < -0.3 is 5.11 Å². The molecule has 0 fully saturated rings. The molecule has 7 heteroatoms. The Kier molecular flexibility index (Phi) is 5.10. The summed E-state index contributed by atoms with van der Waals surface area (Å²) in [5, 5.41) is 9.07. The Morgan fingerprint density at radius 1 is 1.29 bits per heavy atom. The topological polar surface area (TPSA) is 70.5 Å².